The first kappa shape index (κ1) is 15.2. The van der Waals surface area contributed by atoms with Crippen molar-refractivity contribution in [2.75, 3.05) is 17.2 Å². The third-order valence-electron chi connectivity index (χ3n) is 5.16. The molecule has 0 radical (unpaired) electrons. The highest BCUT2D eigenvalue weighted by Gasteiger charge is 2.34. The average Bonchev–Trinajstić information content (AvgIpc) is 3.18. The van der Waals surface area contributed by atoms with E-state index in [1.54, 1.807) is 0 Å². The van der Waals surface area contributed by atoms with E-state index >= 15 is 0 Å². The molecule has 2 aliphatic rings. The number of nitrogens with two attached hydrogens (primary N) is 1. The number of anilines is 1. The van der Waals surface area contributed by atoms with Crippen LogP contribution in [0.15, 0.2) is 23.1 Å². The normalized spacial score (nSPS) is 23.1. The van der Waals surface area contributed by atoms with Crippen LogP contribution in [0.3, 0.4) is 0 Å². The predicted octanol–water partition coefficient (Wildman–Crippen LogP) is 4.42. The summed E-state index contributed by atoms with van der Waals surface area (Å²) < 4.78 is 0. The van der Waals surface area contributed by atoms with Gasteiger partial charge in [-0.1, -0.05) is 25.8 Å². The van der Waals surface area contributed by atoms with Crippen LogP contribution in [0, 0.1) is 5.92 Å². The van der Waals surface area contributed by atoms with Gasteiger partial charge in [0.1, 0.15) is 0 Å². The Morgan fingerprint density at radius 1 is 1.19 bits per heavy atom. The van der Waals surface area contributed by atoms with Crippen molar-refractivity contribution in [3.8, 4) is 0 Å². The molecule has 1 heterocycles. The van der Waals surface area contributed by atoms with Crippen molar-refractivity contribution in [1.82, 2.24) is 0 Å². The van der Waals surface area contributed by atoms with Crippen LogP contribution < -0.4 is 10.6 Å². The summed E-state index contributed by atoms with van der Waals surface area (Å²) in [4.78, 5) is 4.08. The Bertz CT molecular complexity index is 468. The lowest BCUT2D eigenvalue weighted by atomic mass is 9.95. The van der Waals surface area contributed by atoms with Crippen molar-refractivity contribution in [3.05, 3.63) is 23.8 Å². The molecule has 3 heteroatoms. The Labute approximate surface area is 133 Å². The molecular formula is C18H28N2S. The topological polar surface area (TPSA) is 29.3 Å². The maximum absolute atomic E-state index is 6.11. The number of nitrogens with zero attached hydrogens (tertiary/aromatic N) is 1. The van der Waals surface area contributed by atoms with Gasteiger partial charge in [-0.25, -0.2) is 0 Å². The third-order valence-corrected chi connectivity index (χ3v) is 6.15. The fourth-order valence-electron chi connectivity index (χ4n) is 4.24. The number of rotatable bonds is 5. The smallest absolute Gasteiger partial charge is 0.0425 e. The molecule has 1 aliphatic heterocycles. The number of hydrogen-bond acceptors (Lipinski definition) is 3. The van der Waals surface area contributed by atoms with Crippen LogP contribution in [0.2, 0.25) is 0 Å². The first-order chi connectivity index (χ1) is 10.3. The third kappa shape index (κ3) is 3.09. The predicted molar refractivity (Wildman–Crippen MR) is 93.1 cm³/mol. The van der Waals surface area contributed by atoms with Gasteiger partial charge in [0.05, 0.1) is 0 Å². The fraction of sp³-hybridized carbons (Fsp3) is 0.667. The minimum atomic E-state index is 0.659. The van der Waals surface area contributed by atoms with Crippen LogP contribution in [0.4, 0.5) is 5.69 Å². The van der Waals surface area contributed by atoms with Gasteiger partial charge in [-0.2, -0.15) is 0 Å². The average molecular weight is 305 g/mol. The lowest BCUT2D eigenvalue weighted by Crippen LogP contribution is -2.35. The molecule has 1 aromatic rings. The molecule has 0 bridgehead atoms. The Morgan fingerprint density at radius 3 is 2.71 bits per heavy atom. The highest BCUT2D eigenvalue weighted by atomic mass is 32.2. The standard InChI is InChI=1S/C18H28N2S/c1-2-21-18-11-5-9-17(15(18)13-19)20-12-6-10-16(20)14-7-3-4-8-14/h5,9,11,14,16H,2-4,6-8,10,12-13,19H2,1H3. The maximum Gasteiger partial charge on any atom is 0.0425 e. The molecule has 2 N–H and O–H groups in total. The molecule has 21 heavy (non-hydrogen) atoms. The van der Waals surface area contributed by atoms with Gasteiger partial charge in [0.15, 0.2) is 0 Å². The fourth-order valence-corrected chi connectivity index (χ4v) is 5.09. The molecule has 2 fully saturated rings. The summed E-state index contributed by atoms with van der Waals surface area (Å²) in [6.45, 7) is 4.09. The van der Waals surface area contributed by atoms with Crippen molar-refractivity contribution in [2.24, 2.45) is 11.7 Å². The van der Waals surface area contributed by atoms with Crippen LogP contribution in [0.5, 0.6) is 0 Å². The largest absolute Gasteiger partial charge is 0.368 e. The Morgan fingerprint density at radius 2 is 2.00 bits per heavy atom. The molecule has 0 aromatic heterocycles. The Hall–Kier alpha value is -0.670. The van der Waals surface area contributed by atoms with Gasteiger partial charge in [0, 0.05) is 35.3 Å². The van der Waals surface area contributed by atoms with Gasteiger partial charge in [0.25, 0.3) is 0 Å². The van der Waals surface area contributed by atoms with E-state index in [1.165, 1.54) is 61.2 Å². The highest BCUT2D eigenvalue weighted by Crippen LogP contribution is 2.40. The van der Waals surface area contributed by atoms with Gasteiger partial charge in [-0.05, 0) is 49.5 Å². The molecular weight excluding hydrogens is 276 g/mol. The van der Waals surface area contributed by atoms with Gasteiger partial charge >= 0.3 is 0 Å². The van der Waals surface area contributed by atoms with E-state index in [1.807, 2.05) is 11.8 Å². The van der Waals surface area contributed by atoms with Gasteiger partial charge in [-0.3, -0.25) is 0 Å². The monoisotopic (exact) mass is 304 g/mol. The molecule has 1 aromatic carbocycles. The van der Waals surface area contributed by atoms with E-state index in [0.717, 1.165) is 17.7 Å². The minimum absolute atomic E-state index is 0.659. The quantitative estimate of drug-likeness (QED) is 0.817. The summed E-state index contributed by atoms with van der Waals surface area (Å²) in [5.41, 5.74) is 8.90. The van der Waals surface area contributed by atoms with Crippen molar-refractivity contribution in [3.63, 3.8) is 0 Å². The summed E-state index contributed by atoms with van der Waals surface area (Å²) in [7, 11) is 0. The lowest BCUT2D eigenvalue weighted by molar-refractivity contribution is 0.430. The summed E-state index contributed by atoms with van der Waals surface area (Å²) in [5, 5.41) is 0. The summed E-state index contributed by atoms with van der Waals surface area (Å²) in [5.74, 6) is 2.03. The first-order valence-electron chi connectivity index (χ1n) is 8.56. The van der Waals surface area contributed by atoms with Crippen molar-refractivity contribution < 1.29 is 0 Å². The molecule has 1 saturated heterocycles. The van der Waals surface area contributed by atoms with Crippen molar-refractivity contribution >= 4 is 17.4 Å². The summed E-state index contributed by atoms with van der Waals surface area (Å²) in [6.07, 6.45) is 8.45. The molecule has 1 saturated carbocycles. The molecule has 3 rings (SSSR count). The first-order valence-corrected chi connectivity index (χ1v) is 9.55. The van der Waals surface area contributed by atoms with Crippen molar-refractivity contribution in [2.45, 2.75) is 62.9 Å². The van der Waals surface area contributed by atoms with Crippen LogP contribution in [-0.2, 0) is 6.54 Å². The van der Waals surface area contributed by atoms with E-state index in [-0.39, 0.29) is 0 Å². The Kier molecular flexibility index (Phi) is 5.12. The van der Waals surface area contributed by atoms with Gasteiger partial charge in [0.2, 0.25) is 0 Å². The Balaban J connectivity index is 1.89. The summed E-state index contributed by atoms with van der Waals surface area (Å²) >= 11 is 1.93. The SMILES string of the molecule is CCSc1cccc(N2CCCC2C2CCCC2)c1CN. The van der Waals surface area contributed by atoms with E-state index in [4.69, 9.17) is 5.73 Å². The second-order valence-electron chi connectivity index (χ2n) is 6.34. The second kappa shape index (κ2) is 7.06. The number of benzene rings is 1. The van der Waals surface area contributed by atoms with E-state index in [2.05, 4.69) is 30.0 Å². The number of hydrogen-bond donors (Lipinski definition) is 1. The molecule has 116 valence electrons. The van der Waals surface area contributed by atoms with Crippen LogP contribution in [-0.4, -0.2) is 18.3 Å². The molecule has 1 atom stereocenters. The highest BCUT2D eigenvalue weighted by molar-refractivity contribution is 7.99. The summed E-state index contributed by atoms with van der Waals surface area (Å²) in [6, 6.07) is 7.52. The molecule has 0 amide bonds. The van der Waals surface area contributed by atoms with E-state index in [9.17, 15) is 0 Å². The van der Waals surface area contributed by atoms with Crippen molar-refractivity contribution in [1.29, 1.82) is 0 Å². The van der Waals surface area contributed by atoms with E-state index in [0.29, 0.717) is 6.54 Å². The zero-order valence-corrected chi connectivity index (χ0v) is 14.0. The maximum atomic E-state index is 6.11. The molecule has 0 spiro atoms. The number of thioether (sulfide) groups is 1. The van der Waals surface area contributed by atoms with Crippen LogP contribution in [0.25, 0.3) is 0 Å². The van der Waals surface area contributed by atoms with Gasteiger partial charge < -0.3 is 10.6 Å². The van der Waals surface area contributed by atoms with Crippen LogP contribution >= 0.6 is 11.8 Å². The molecule has 1 aliphatic carbocycles. The van der Waals surface area contributed by atoms with Crippen LogP contribution in [0.1, 0.15) is 51.0 Å². The second-order valence-corrected chi connectivity index (χ2v) is 7.64. The van der Waals surface area contributed by atoms with E-state index < -0.39 is 0 Å². The molecule has 1 unspecified atom stereocenters. The molecule has 2 nitrogen and oxygen atoms in total. The zero-order valence-electron chi connectivity index (χ0n) is 13.2. The zero-order chi connectivity index (χ0) is 14.7. The van der Waals surface area contributed by atoms with Gasteiger partial charge in [-0.15, -0.1) is 11.8 Å². The lowest BCUT2D eigenvalue weighted by Gasteiger charge is -2.33. The minimum Gasteiger partial charge on any atom is -0.368 e.